The second-order valence-corrected chi connectivity index (χ2v) is 3.95. The van der Waals surface area contributed by atoms with E-state index in [4.69, 9.17) is 0 Å². The first kappa shape index (κ1) is 10.9. The normalized spacial score (nSPS) is 14.1. The van der Waals surface area contributed by atoms with Crippen LogP contribution in [-0.2, 0) is 7.05 Å². The van der Waals surface area contributed by atoms with Gasteiger partial charge in [0, 0.05) is 5.92 Å². The van der Waals surface area contributed by atoms with E-state index < -0.39 is 0 Å². The fourth-order valence-corrected chi connectivity index (χ4v) is 1.16. The van der Waals surface area contributed by atoms with Gasteiger partial charge in [0.05, 0.1) is 7.05 Å². The molecule has 1 aromatic heterocycles. The minimum absolute atomic E-state index is 0.346. The molecule has 0 aliphatic rings. The molecule has 1 aromatic rings. The van der Waals surface area contributed by atoms with Crippen molar-refractivity contribution in [2.24, 2.45) is 13.0 Å². The molecule has 0 spiro atoms. The van der Waals surface area contributed by atoms with Gasteiger partial charge in [0.2, 0.25) is 0 Å². The minimum Gasteiger partial charge on any atom is -0.167 e. The number of tetrazole rings is 1. The topological polar surface area (TPSA) is 43.6 Å². The Morgan fingerprint density at radius 1 is 1.36 bits per heavy atom. The molecule has 0 saturated heterocycles. The average molecular weight is 194 g/mol. The van der Waals surface area contributed by atoms with Crippen LogP contribution in [0.25, 0.3) is 0 Å². The average Bonchev–Trinajstić information content (AvgIpc) is 2.51. The third-order valence-electron chi connectivity index (χ3n) is 1.98. The minimum atomic E-state index is 0.346. The van der Waals surface area contributed by atoms with E-state index in [1.54, 1.807) is 7.05 Å². The number of hydrogen-bond acceptors (Lipinski definition) is 3. The van der Waals surface area contributed by atoms with Crippen LogP contribution in [0.3, 0.4) is 0 Å². The summed E-state index contributed by atoms with van der Waals surface area (Å²) in [5, 5.41) is 12.0. The van der Waals surface area contributed by atoms with Crippen molar-refractivity contribution in [3.05, 3.63) is 18.0 Å². The Labute approximate surface area is 85.0 Å². The summed E-state index contributed by atoms with van der Waals surface area (Å²) in [6.07, 6.45) is 5.36. The number of allylic oxidation sites excluding steroid dienone is 2. The zero-order chi connectivity index (χ0) is 10.6. The van der Waals surface area contributed by atoms with Gasteiger partial charge in [-0.05, 0) is 17.6 Å². The molecule has 0 aromatic carbocycles. The standard InChI is InChI=1S/C10H18N4/c1-8(2)6-5-7-9(3)10-11-13-14(4)12-10/h5-6,8-9H,7H2,1-4H3/b6-5+. The van der Waals surface area contributed by atoms with Crippen molar-refractivity contribution >= 4 is 0 Å². The summed E-state index contributed by atoms with van der Waals surface area (Å²) in [4.78, 5) is 1.50. The second-order valence-electron chi connectivity index (χ2n) is 3.95. The lowest BCUT2D eigenvalue weighted by atomic mass is 10.1. The van der Waals surface area contributed by atoms with Crippen molar-refractivity contribution in [1.29, 1.82) is 0 Å². The fraction of sp³-hybridized carbons (Fsp3) is 0.700. The number of rotatable bonds is 4. The van der Waals surface area contributed by atoms with Gasteiger partial charge in [-0.25, -0.2) is 0 Å². The highest BCUT2D eigenvalue weighted by molar-refractivity contribution is 4.95. The number of aromatic nitrogens is 4. The number of aryl methyl sites for hydroxylation is 1. The van der Waals surface area contributed by atoms with Crippen molar-refractivity contribution in [3.63, 3.8) is 0 Å². The van der Waals surface area contributed by atoms with E-state index in [1.807, 2.05) is 0 Å². The molecule has 0 amide bonds. The molecule has 4 nitrogen and oxygen atoms in total. The van der Waals surface area contributed by atoms with Gasteiger partial charge in [-0.15, -0.1) is 10.2 Å². The SMILES string of the molecule is CC(C)/C=C/CC(C)c1nnn(C)n1. The third kappa shape index (κ3) is 3.28. The second kappa shape index (κ2) is 4.88. The predicted molar refractivity (Wildman–Crippen MR) is 55.8 cm³/mol. The molecule has 0 N–H and O–H groups in total. The van der Waals surface area contributed by atoms with Gasteiger partial charge in [0.15, 0.2) is 5.82 Å². The molecule has 0 fully saturated rings. The van der Waals surface area contributed by atoms with Crippen molar-refractivity contribution in [2.45, 2.75) is 33.1 Å². The molecule has 0 radical (unpaired) electrons. The quantitative estimate of drug-likeness (QED) is 0.688. The van der Waals surface area contributed by atoms with E-state index >= 15 is 0 Å². The van der Waals surface area contributed by atoms with Crippen molar-refractivity contribution in [2.75, 3.05) is 0 Å². The van der Waals surface area contributed by atoms with Crippen LogP contribution >= 0.6 is 0 Å². The largest absolute Gasteiger partial charge is 0.177 e. The van der Waals surface area contributed by atoms with E-state index in [0.29, 0.717) is 11.8 Å². The molecule has 0 aliphatic heterocycles. The monoisotopic (exact) mass is 194 g/mol. The van der Waals surface area contributed by atoms with Crippen LogP contribution < -0.4 is 0 Å². The zero-order valence-electron chi connectivity index (χ0n) is 9.31. The molecule has 4 heteroatoms. The summed E-state index contributed by atoms with van der Waals surface area (Å²) in [5.41, 5.74) is 0. The van der Waals surface area contributed by atoms with E-state index in [9.17, 15) is 0 Å². The van der Waals surface area contributed by atoms with Crippen LogP contribution in [0.2, 0.25) is 0 Å². The van der Waals surface area contributed by atoms with Crippen molar-refractivity contribution < 1.29 is 0 Å². The smallest absolute Gasteiger partial charge is 0.167 e. The van der Waals surface area contributed by atoms with Crippen LogP contribution in [-0.4, -0.2) is 20.2 Å². The molecule has 1 heterocycles. The number of nitrogens with zero attached hydrogens (tertiary/aromatic N) is 4. The zero-order valence-corrected chi connectivity index (χ0v) is 9.31. The van der Waals surface area contributed by atoms with Crippen LogP contribution in [0.1, 0.15) is 38.9 Å². The molecular formula is C10H18N4. The van der Waals surface area contributed by atoms with Gasteiger partial charge < -0.3 is 0 Å². The van der Waals surface area contributed by atoms with E-state index in [0.717, 1.165) is 12.2 Å². The van der Waals surface area contributed by atoms with Gasteiger partial charge in [-0.1, -0.05) is 32.9 Å². The van der Waals surface area contributed by atoms with Crippen LogP contribution in [0.4, 0.5) is 0 Å². The van der Waals surface area contributed by atoms with E-state index in [-0.39, 0.29) is 0 Å². The maximum absolute atomic E-state index is 4.17. The number of hydrogen-bond donors (Lipinski definition) is 0. The first-order chi connectivity index (χ1) is 6.59. The van der Waals surface area contributed by atoms with Crippen LogP contribution in [0, 0.1) is 5.92 Å². The molecule has 78 valence electrons. The Morgan fingerprint density at radius 2 is 2.07 bits per heavy atom. The molecule has 1 unspecified atom stereocenters. The highest BCUT2D eigenvalue weighted by Crippen LogP contribution is 2.14. The molecule has 0 aliphatic carbocycles. The summed E-state index contributed by atoms with van der Waals surface area (Å²) in [7, 11) is 1.78. The lowest BCUT2D eigenvalue weighted by molar-refractivity contribution is 0.621. The van der Waals surface area contributed by atoms with Gasteiger partial charge >= 0.3 is 0 Å². The van der Waals surface area contributed by atoms with Crippen molar-refractivity contribution in [3.8, 4) is 0 Å². The summed E-state index contributed by atoms with van der Waals surface area (Å²) < 4.78 is 0. The highest BCUT2D eigenvalue weighted by Gasteiger charge is 2.08. The lowest BCUT2D eigenvalue weighted by Crippen LogP contribution is -1.97. The summed E-state index contributed by atoms with van der Waals surface area (Å²) in [6.45, 7) is 6.45. The molecular weight excluding hydrogens is 176 g/mol. The van der Waals surface area contributed by atoms with Gasteiger partial charge in [-0.3, -0.25) is 0 Å². The molecule has 14 heavy (non-hydrogen) atoms. The summed E-state index contributed by atoms with van der Waals surface area (Å²) in [5.74, 6) is 1.77. The van der Waals surface area contributed by atoms with E-state index in [1.165, 1.54) is 4.80 Å². The Morgan fingerprint density at radius 3 is 2.57 bits per heavy atom. The third-order valence-corrected chi connectivity index (χ3v) is 1.98. The van der Waals surface area contributed by atoms with Crippen LogP contribution in [0.5, 0.6) is 0 Å². The Balaban J connectivity index is 2.46. The lowest BCUT2D eigenvalue weighted by Gasteiger charge is -2.01. The maximum atomic E-state index is 4.17. The maximum Gasteiger partial charge on any atom is 0.177 e. The first-order valence-electron chi connectivity index (χ1n) is 5.00. The highest BCUT2D eigenvalue weighted by atomic mass is 15.6. The molecule has 1 atom stereocenters. The first-order valence-corrected chi connectivity index (χ1v) is 5.00. The molecule has 0 bridgehead atoms. The fourth-order valence-electron chi connectivity index (χ4n) is 1.16. The van der Waals surface area contributed by atoms with Gasteiger partial charge in [0.1, 0.15) is 0 Å². The Bertz CT molecular complexity index is 301. The van der Waals surface area contributed by atoms with Crippen LogP contribution in [0.15, 0.2) is 12.2 Å². The Hall–Kier alpha value is -1.19. The van der Waals surface area contributed by atoms with Crippen molar-refractivity contribution in [1.82, 2.24) is 20.2 Å². The molecule has 1 rings (SSSR count). The Kier molecular flexibility index (Phi) is 3.80. The van der Waals surface area contributed by atoms with E-state index in [2.05, 4.69) is 48.3 Å². The summed E-state index contributed by atoms with van der Waals surface area (Å²) in [6, 6.07) is 0. The summed E-state index contributed by atoms with van der Waals surface area (Å²) >= 11 is 0. The van der Waals surface area contributed by atoms with Gasteiger partial charge in [0.25, 0.3) is 0 Å². The molecule has 0 saturated carbocycles. The van der Waals surface area contributed by atoms with Gasteiger partial charge in [-0.2, -0.15) is 4.80 Å². The predicted octanol–water partition coefficient (Wildman–Crippen LogP) is 1.92.